The second-order valence-corrected chi connectivity index (χ2v) is 7.79. The predicted molar refractivity (Wildman–Crippen MR) is 79.7 cm³/mol. The van der Waals surface area contributed by atoms with Gasteiger partial charge >= 0.3 is 7.60 Å². The van der Waals surface area contributed by atoms with Crippen molar-refractivity contribution in [3.8, 4) is 0 Å². The van der Waals surface area contributed by atoms with Crippen LogP contribution in [0.25, 0.3) is 0 Å². The van der Waals surface area contributed by atoms with Crippen molar-refractivity contribution in [3.63, 3.8) is 0 Å². The van der Waals surface area contributed by atoms with Gasteiger partial charge in [0, 0.05) is 6.42 Å². The summed E-state index contributed by atoms with van der Waals surface area (Å²) in [5.74, 6) is 0. The van der Waals surface area contributed by atoms with Gasteiger partial charge in [0.15, 0.2) is 0 Å². The van der Waals surface area contributed by atoms with Crippen molar-refractivity contribution in [2.24, 2.45) is 4.40 Å². The zero-order valence-corrected chi connectivity index (χ0v) is 12.9. The lowest BCUT2D eigenvalue weighted by Gasteiger charge is -2.10. The van der Waals surface area contributed by atoms with E-state index in [2.05, 4.69) is 4.40 Å². The van der Waals surface area contributed by atoms with Crippen LogP contribution in [0.4, 0.5) is 0 Å². The van der Waals surface area contributed by atoms with Crippen molar-refractivity contribution < 1.29 is 22.8 Å². The van der Waals surface area contributed by atoms with Crippen molar-refractivity contribution in [3.05, 3.63) is 53.4 Å². The van der Waals surface area contributed by atoms with Gasteiger partial charge < -0.3 is 9.79 Å². The minimum absolute atomic E-state index is 0.0576. The summed E-state index contributed by atoms with van der Waals surface area (Å²) in [6.45, 7) is 1.85. The molecule has 0 aromatic heterocycles. The van der Waals surface area contributed by atoms with Gasteiger partial charge in [0.25, 0.3) is 10.0 Å². The van der Waals surface area contributed by atoms with Crippen molar-refractivity contribution in [1.82, 2.24) is 0 Å². The van der Waals surface area contributed by atoms with E-state index in [1.807, 2.05) is 6.92 Å². The molecule has 0 fully saturated rings. The number of benzene rings is 1. The number of nitrogens with zero attached hydrogens (tertiary/aromatic N) is 1. The number of aryl methyl sites for hydroxylation is 1. The second-order valence-electron chi connectivity index (χ2n) is 4.58. The molecule has 0 spiro atoms. The van der Waals surface area contributed by atoms with E-state index >= 15 is 0 Å². The molecule has 6 nitrogen and oxygen atoms in total. The first-order valence-electron chi connectivity index (χ1n) is 6.03. The lowest BCUT2D eigenvalue weighted by Crippen LogP contribution is -2.05. The molecule has 2 rings (SSSR count). The summed E-state index contributed by atoms with van der Waals surface area (Å²) in [5, 5.41) is -0.130. The highest BCUT2D eigenvalue weighted by Crippen LogP contribution is 2.46. The van der Waals surface area contributed by atoms with Crippen LogP contribution in [0.15, 0.2) is 57.1 Å². The Balaban J connectivity index is 2.26. The Kier molecular flexibility index (Phi) is 4.30. The highest BCUT2D eigenvalue weighted by Gasteiger charge is 2.21. The minimum Gasteiger partial charge on any atom is -0.321 e. The summed E-state index contributed by atoms with van der Waals surface area (Å²) in [6, 6.07) is 6.29. The molecule has 112 valence electrons. The van der Waals surface area contributed by atoms with Gasteiger partial charge in [0.1, 0.15) is 0 Å². The van der Waals surface area contributed by atoms with Crippen LogP contribution >= 0.6 is 7.60 Å². The van der Waals surface area contributed by atoms with Crippen molar-refractivity contribution >= 4 is 23.3 Å². The molecule has 1 aliphatic carbocycles. The Hall–Kier alpha value is -1.53. The predicted octanol–water partition coefficient (Wildman–Crippen LogP) is 2.15. The maximum Gasteiger partial charge on any atom is 0.355 e. The topological polar surface area (TPSA) is 104 Å². The summed E-state index contributed by atoms with van der Waals surface area (Å²) in [6.07, 6.45) is 3.83. The van der Waals surface area contributed by atoms with Gasteiger partial charge in [0.05, 0.1) is 15.9 Å². The van der Waals surface area contributed by atoms with Gasteiger partial charge in [-0.15, -0.1) is 0 Å². The fraction of sp³-hybridized carbons (Fsp3) is 0.154. The van der Waals surface area contributed by atoms with Crippen LogP contribution in [-0.2, 0) is 14.6 Å². The van der Waals surface area contributed by atoms with Gasteiger partial charge in [-0.2, -0.15) is 12.8 Å². The molecule has 0 saturated carbocycles. The lowest BCUT2D eigenvalue weighted by molar-refractivity contribution is 0.383. The van der Waals surface area contributed by atoms with Crippen LogP contribution in [-0.4, -0.2) is 23.9 Å². The van der Waals surface area contributed by atoms with E-state index in [0.717, 1.165) is 5.56 Å². The van der Waals surface area contributed by atoms with Gasteiger partial charge in [-0.1, -0.05) is 23.8 Å². The smallest absolute Gasteiger partial charge is 0.321 e. The van der Waals surface area contributed by atoms with E-state index in [0.29, 0.717) is 0 Å². The standard InChI is InChI=1S/C13H14NO5PS/c1-10-2-8-13(9-3-10)21(18,19)14-11-4-6-12(7-5-11)20(15,16)17/h2-4,6-9H,5H2,1H3,(H2,15,16,17). The van der Waals surface area contributed by atoms with Crippen molar-refractivity contribution in [2.45, 2.75) is 18.2 Å². The van der Waals surface area contributed by atoms with Crippen LogP contribution in [0.3, 0.4) is 0 Å². The Bertz CT molecular complexity index is 784. The van der Waals surface area contributed by atoms with Crippen molar-refractivity contribution in [2.75, 3.05) is 0 Å². The molecule has 0 unspecified atom stereocenters. The van der Waals surface area contributed by atoms with E-state index in [4.69, 9.17) is 9.79 Å². The third-order valence-corrected chi connectivity index (χ3v) is 5.21. The largest absolute Gasteiger partial charge is 0.355 e. The molecule has 0 radical (unpaired) electrons. The number of rotatable bonds is 3. The summed E-state index contributed by atoms with van der Waals surface area (Å²) >= 11 is 0. The summed E-state index contributed by atoms with van der Waals surface area (Å²) in [5.41, 5.74) is 1.17. The molecule has 0 aliphatic heterocycles. The molecule has 8 heteroatoms. The molecule has 0 saturated heterocycles. The molecule has 0 atom stereocenters. The Labute approximate surface area is 122 Å². The van der Waals surface area contributed by atoms with Gasteiger partial charge in [0.2, 0.25) is 0 Å². The average Bonchev–Trinajstić information content (AvgIpc) is 2.38. The maximum atomic E-state index is 12.1. The highest BCUT2D eigenvalue weighted by atomic mass is 32.2. The Morgan fingerprint density at radius 2 is 1.76 bits per heavy atom. The summed E-state index contributed by atoms with van der Waals surface area (Å²) < 4.78 is 38.9. The molecule has 0 heterocycles. The SMILES string of the molecule is Cc1ccc(S(=O)(=O)N=C2C=CC(P(=O)(O)O)=CC2)cc1. The molecular formula is C13H14NO5PS. The molecule has 21 heavy (non-hydrogen) atoms. The second kappa shape index (κ2) is 5.69. The first-order valence-corrected chi connectivity index (χ1v) is 9.08. The molecule has 1 aromatic rings. The molecule has 0 amide bonds. The molecule has 0 bridgehead atoms. The van der Waals surface area contributed by atoms with E-state index in [9.17, 15) is 13.0 Å². The third kappa shape index (κ3) is 3.98. The lowest BCUT2D eigenvalue weighted by atomic mass is 10.2. The van der Waals surface area contributed by atoms with Crippen LogP contribution < -0.4 is 0 Å². The first kappa shape index (κ1) is 15.9. The van der Waals surface area contributed by atoms with E-state index < -0.39 is 17.6 Å². The molecule has 1 aliphatic rings. The van der Waals surface area contributed by atoms with E-state index in [1.54, 1.807) is 12.1 Å². The van der Waals surface area contributed by atoms with Crippen LogP contribution in [0, 0.1) is 6.92 Å². The maximum absolute atomic E-state index is 12.1. The Morgan fingerprint density at radius 1 is 1.14 bits per heavy atom. The Morgan fingerprint density at radius 3 is 2.24 bits per heavy atom. The normalized spacial score (nSPS) is 17.9. The average molecular weight is 327 g/mol. The number of hydrogen-bond donors (Lipinski definition) is 2. The van der Waals surface area contributed by atoms with Gasteiger partial charge in [-0.25, -0.2) is 0 Å². The van der Waals surface area contributed by atoms with Crippen LogP contribution in [0.5, 0.6) is 0 Å². The monoisotopic (exact) mass is 327 g/mol. The first-order chi connectivity index (χ1) is 9.68. The fourth-order valence-electron chi connectivity index (χ4n) is 1.73. The zero-order valence-electron chi connectivity index (χ0n) is 11.2. The quantitative estimate of drug-likeness (QED) is 0.828. The van der Waals surface area contributed by atoms with Crippen LogP contribution in [0.2, 0.25) is 0 Å². The summed E-state index contributed by atoms with van der Waals surface area (Å²) in [7, 11) is -8.13. The molecule has 1 aromatic carbocycles. The van der Waals surface area contributed by atoms with Gasteiger partial charge in [-0.3, -0.25) is 4.57 Å². The number of hydrogen-bond acceptors (Lipinski definition) is 3. The van der Waals surface area contributed by atoms with E-state index in [-0.39, 0.29) is 22.3 Å². The third-order valence-electron chi connectivity index (χ3n) is 2.86. The van der Waals surface area contributed by atoms with Crippen LogP contribution in [0.1, 0.15) is 12.0 Å². The van der Waals surface area contributed by atoms with E-state index in [1.165, 1.54) is 30.4 Å². The minimum atomic E-state index is -4.31. The molecular weight excluding hydrogens is 313 g/mol. The fourth-order valence-corrected chi connectivity index (χ4v) is 3.36. The zero-order chi connectivity index (χ0) is 15.7. The molecule has 2 N–H and O–H groups in total. The summed E-state index contributed by atoms with van der Waals surface area (Å²) in [4.78, 5) is 18.1. The number of sulfonamides is 1. The highest BCUT2D eigenvalue weighted by molar-refractivity contribution is 7.90. The number of allylic oxidation sites excluding steroid dienone is 4. The van der Waals surface area contributed by atoms with Gasteiger partial charge in [-0.05, 0) is 31.2 Å². The van der Waals surface area contributed by atoms with Crippen molar-refractivity contribution in [1.29, 1.82) is 0 Å².